The van der Waals surface area contributed by atoms with Crippen molar-refractivity contribution in [1.82, 2.24) is 0 Å². The molecule has 0 radical (unpaired) electrons. The predicted molar refractivity (Wildman–Crippen MR) is 24.1 cm³/mol. The van der Waals surface area contributed by atoms with Gasteiger partial charge in [0, 0.05) is 0 Å². The van der Waals surface area contributed by atoms with E-state index in [1.54, 1.807) is 0 Å². The average molecular weight is 255 g/mol. The Morgan fingerprint density at radius 1 is 1.00 bits per heavy atom. The second kappa shape index (κ2) is 1.09. The van der Waals surface area contributed by atoms with E-state index in [-0.39, 0.29) is 0 Å². The molecular formula is C4H12HfO. The molecule has 0 aromatic carbocycles. The molecule has 0 atom stereocenters. The fourth-order valence-corrected chi connectivity index (χ4v) is 0. The van der Waals surface area contributed by atoms with Crippen LogP contribution < -0.4 is 0 Å². The predicted octanol–water partition coefficient (Wildman–Crippen LogP) is 2.21. The summed E-state index contributed by atoms with van der Waals surface area (Å²) in [7, 11) is 0. The Hall–Kier alpha value is 0.670. The van der Waals surface area contributed by atoms with Crippen molar-refractivity contribution in [3.05, 3.63) is 0 Å². The zero-order valence-corrected chi connectivity index (χ0v) is 8.50. The molecule has 0 saturated heterocycles. The van der Waals surface area contributed by atoms with Crippen molar-refractivity contribution < 1.29 is 21.4 Å². The molecule has 0 aromatic rings. The van der Waals surface area contributed by atoms with Gasteiger partial charge in [0.05, 0.1) is 0 Å². The summed E-state index contributed by atoms with van der Waals surface area (Å²) in [5, 5.41) is 0. The molecule has 0 spiro atoms. The molecule has 2 heteroatoms. The summed E-state index contributed by atoms with van der Waals surface area (Å²) in [6, 6.07) is 0. The molecule has 0 rings (SSSR count). The van der Waals surface area contributed by atoms with E-state index in [2.05, 4.69) is 0 Å². The van der Waals surface area contributed by atoms with Crippen molar-refractivity contribution in [3.63, 3.8) is 0 Å². The molecule has 0 amide bonds. The van der Waals surface area contributed by atoms with Gasteiger partial charge in [-0.05, 0) is 0 Å². The summed E-state index contributed by atoms with van der Waals surface area (Å²) < 4.78 is 18.4. The van der Waals surface area contributed by atoms with E-state index in [1.807, 2.05) is 18.7 Å². The molecule has 0 aromatic heterocycles. The SMILES string of the molecule is [CH3][Hf]([CH3])([CH3])([CH3])=[O]. The first-order valence-electron chi connectivity index (χ1n) is 2.20. The first-order valence-corrected chi connectivity index (χ1v) is 18.0. The normalized spacial score (nSPS) is 14.8. The van der Waals surface area contributed by atoms with E-state index in [0.717, 1.165) is 0 Å². The Morgan fingerprint density at radius 3 is 1.00 bits per heavy atom. The Balaban J connectivity index is 4.16. The molecule has 0 aliphatic rings. The van der Waals surface area contributed by atoms with Crippen molar-refractivity contribution in [2.75, 3.05) is 0 Å². The molecule has 38 valence electrons. The standard InChI is InChI=1S/4CH3.Hf.O/h4*1H3;;. The molecule has 0 aliphatic carbocycles. The van der Waals surface area contributed by atoms with Crippen LogP contribution >= 0.6 is 0 Å². The number of hydrogen-bond donors (Lipinski definition) is 0. The van der Waals surface area contributed by atoms with Gasteiger partial charge in [-0.2, -0.15) is 0 Å². The third-order valence-electron chi connectivity index (χ3n) is 0. The molecule has 0 bridgehead atoms. The van der Waals surface area contributed by atoms with Crippen LogP contribution in [0.2, 0.25) is 18.7 Å². The van der Waals surface area contributed by atoms with E-state index in [1.165, 1.54) is 0 Å². The zero-order valence-electron chi connectivity index (χ0n) is 4.91. The Bertz CT molecular complexity index is 85.2. The third kappa shape index (κ3) is 140. The summed E-state index contributed by atoms with van der Waals surface area (Å²) in [4.78, 5) is 0. The molecule has 0 unspecified atom stereocenters. The fourth-order valence-electron chi connectivity index (χ4n) is 0. The van der Waals surface area contributed by atoms with Crippen molar-refractivity contribution in [2.24, 2.45) is 0 Å². The van der Waals surface area contributed by atoms with E-state index >= 15 is 0 Å². The molecule has 0 N–H and O–H groups in total. The van der Waals surface area contributed by atoms with Crippen LogP contribution in [-0.4, -0.2) is 0 Å². The van der Waals surface area contributed by atoms with Gasteiger partial charge in [0.15, 0.2) is 0 Å². The molecule has 0 heterocycles. The summed E-state index contributed by atoms with van der Waals surface area (Å²) >= 11 is -3.10. The van der Waals surface area contributed by atoms with Crippen LogP contribution in [0, 0.1) is 0 Å². The van der Waals surface area contributed by atoms with E-state index in [9.17, 15) is 2.85 Å². The topological polar surface area (TPSA) is 17.1 Å². The van der Waals surface area contributed by atoms with Crippen molar-refractivity contribution >= 4 is 0 Å². The van der Waals surface area contributed by atoms with E-state index in [0.29, 0.717) is 0 Å². The van der Waals surface area contributed by atoms with Gasteiger partial charge >= 0.3 is 40.1 Å². The van der Waals surface area contributed by atoms with Gasteiger partial charge in [-0.1, -0.05) is 0 Å². The second-order valence-corrected chi connectivity index (χ2v) is 31.2. The molecule has 1 nitrogen and oxygen atoms in total. The van der Waals surface area contributed by atoms with Crippen molar-refractivity contribution in [3.8, 4) is 0 Å². The maximum atomic E-state index is 10.9. The first-order chi connectivity index (χ1) is 2.24. The molecule has 0 aliphatic heterocycles. The van der Waals surface area contributed by atoms with Crippen LogP contribution in [0.15, 0.2) is 0 Å². The van der Waals surface area contributed by atoms with Crippen LogP contribution in [-0.2, 0) is 21.4 Å². The Labute approximate surface area is 40.3 Å². The van der Waals surface area contributed by atoms with Gasteiger partial charge < -0.3 is 0 Å². The fraction of sp³-hybridized carbons (Fsp3) is 1.00. The Morgan fingerprint density at radius 2 is 1.00 bits per heavy atom. The summed E-state index contributed by atoms with van der Waals surface area (Å²) in [6.45, 7) is 0. The summed E-state index contributed by atoms with van der Waals surface area (Å²) in [6.07, 6.45) is 0. The van der Waals surface area contributed by atoms with Crippen LogP contribution in [0.3, 0.4) is 0 Å². The van der Waals surface area contributed by atoms with Crippen LogP contribution in [0.1, 0.15) is 0 Å². The van der Waals surface area contributed by atoms with E-state index < -0.39 is 18.5 Å². The van der Waals surface area contributed by atoms with Crippen LogP contribution in [0.4, 0.5) is 0 Å². The van der Waals surface area contributed by atoms with Gasteiger partial charge in [-0.3, -0.25) is 0 Å². The van der Waals surface area contributed by atoms with Gasteiger partial charge in [0.2, 0.25) is 0 Å². The Kier molecular flexibility index (Phi) is 1.21. The average Bonchev–Trinajstić information content (AvgIpc) is 0.650. The molecule has 6 heavy (non-hydrogen) atoms. The minimum atomic E-state index is -3.10. The summed E-state index contributed by atoms with van der Waals surface area (Å²) in [5.74, 6) is 0. The molecule has 0 fully saturated rings. The molecule has 0 saturated carbocycles. The molecular weight excluding hydrogens is 243 g/mol. The van der Waals surface area contributed by atoms with Gasteiger partial charge in [-0.25, -0.2) is 0 Å². The first kappa shape index (κ1) is 6.67. The monoisotopic (exact) mass is 256 g/mol. The second-order valence-electron chi connectivity index (χ2n) is 3.82. The third-order valence-corrected chi connectivity index (χ3v) is 0. The van der Waals surface area contributed by atoms with Crippen LogP contribution in [0.25, 0.3) is 0 Å². The van der Waals surface area contributed by atoms with Crippen molar-refractivity contribution in [1.29, 1.82) is 0 Å². The van der Waals surface area contributed by atoms with Crippen molar-refractivity contribution in [2.45, 2.75) is 18.7 Å². The minimum absolute atomic E-state index is 1.87. The zero-order chi connectivity index (χ0) is 5.45. The maximum absolute atomic E-state index is 10.9. The number of rotatable bonds is 0. The van der Waals surface area contributed by atoms with Gasteiger partial charge in [0.1, 0.15) is 0 Å². The van der Waals surface area contributed by atoms with Gasteiger partial charge in [-0.15, -0.1) is 0 Å². The number of hydrogen-bond acceptors (Lipinski definition) is 1. The quantitative estimate of drug-likeness (QED) is 0.606. The van der Waals surface area contributed by atoms with Crippen LogP contribution in [0.5, 0.6) is 0 Å². The summed E-state index contributed by atoms with van der Waals surface area (Å²) in [5.41, 5.74) is 0. The van der Waals surface area contributed by atoms with Gasteiger partial charge in [0.25, 0.3) is 0 Å². The van der Waals surface area contributed by atoms with E-state index in [4.69, 9.17) is 0 Å².